The highest BCUT2D eigenvalue weighted by molar-refractivity contribution is 5.71. The fraction of sp³-hybridized carbons (Fsp3) is 0.609. The third-order valence-electron chi connectivity index (χ3n) is 5.70. The molecule has 0 atom stereocenters. The summed E-state index contributed by atoms with van der Waals surface area (Å²) in [7, 11) is 2.12. The molecule has 0 spiro atoms. The summed E-state index contributed by atoms with van der Waals surface area (Å²) in [5, 5.41) is 8.53. The van der Waals surface area contributed by atoms with Crippen molar-refractivity contribution in [1.82, 2.24) is 15.1 Å². The second-order valence-corrected chi connectivity index (χ2v) is 8.08. The zero-order valence-electron chi connectivity index (χ0n) is 17.9. The van der Waals surface area contributed by atoms with E-state index in [-0.39, 0.29) is 0 Å². The summed E-state index contributed by atoms with van der Waals surface area (Å²) in [5.74, 6) is 1.19. The lowest BCUT2D eigenvalue weighted by molar-refractivity contribution is 0.600. The van der Waals surface area contributed by atoms with Crippen LogP contribution < -0.4 is 10.2 Å². The Bertz CT molecular complexity index is 752. The number of nitrogens with one attached hydrogen (secondary N) is 1. The van der Waals surface area contributed by atoms with Crippen LogP contribution in [0.4, 0.5) is 11.5 Å². The second-order valence-electron chi connectivity index (χ2n) is 8.08. The van der Waals surface area contributed by atoms with E-state index < -0.39 is 0 Å². The van der Waals surface area contributed by atoms with Gasteiger partial charge in [-0.1, -0.05) is 31.0 Å². The van der Waals surface area contributed by atoms with Crippen LogP contribution in [0.3, 0.4) is 0 Å². The molecule has 1 aromatic heterocycles. The number of nitrogens with zero attached hydrogens (tertiary/aromatic N) is 3. The molecule has 0 aliphatic carbocycles. The topological polar surface area (TPSA) is 33.1 Å². The first kappa shape index (κ1) is 19.9. The summed E-state index contributed by atoms with van der Waals surface area (Å²) in [6.07, 6.45) is 7.17. The molecule has 0 bridgehead atoms. The summed E-state index contributed by atoms with van der Waals surface area (Å²) in [6, 6.07) is 4.59. The highest BCUT2D eigenvalue weighted by atomic mass is 15.4. The Labute approximate surface area is 165 Å². The minimum Gasteiger partial charge on any atom is -0.324 e. The molecule has 27 heavy (non-hydrogen) atoms. The Kier molecular flexibility index (Phi) is 6.59. The summed E-state index contributed by atoms with van der Waals surface area (Å²) < 4.78 is 2.13. The molecule has 4 heteroatoms. The monoisotopic (exact) mass is 368 g/mol. The Morgan fingerprint density at radius 3 is 2.48 bits per heavy atom. The first-order valence-electron chi connectivity index (χ1n) is 10.6. The fourth-order valence-electron chi connectivity index (χ4n) is 4.52. The van der Waals surface area contributed by atoms with E-state index in [4.69, 9.17) is 5.10 Å². The van der Waals surface area contributed by atoms with Crippen molar-refractivity contribution in [2.75, 3.05) is 24.5 Å². The lowest BCUT2D eigenvalue weighted by Crippen LogP contribution is -2.26. The molecule has 1 N–H and O–H groups in total. The second kappa shape index (κ2) is 8.92. The molecule has 0 unspecified atom stereocenters. The smallest absolute Gasteiger partial charge is 0.158 e. The SMILES string of the molecule is CCCCNCCCc1c2c(nn1C)N(c1c(C)cc(C)cc1C)CCC2. The number of aryl methyl sites for hydroxylation is 4. The van der Waals surface area contributed by atoms with Crippen molar-refractivity contribution in [2.45, 2.75) is 66.2 Å². The van der Waals surface area contributed by atoms with E-state index in [0.717, 1.165) is 32.5 Å². The minimum absolute atomic E-state index is 1.06. The maximum atomic E-state index is 4.96. The zero-order chi connectivity index (χ0) is 19.4. The zero-order valence-corrected chi connectivity index (χ0v) is 17.9. The molecule has 0 saturated heterocycles. The van der Waals surface area contributed by atoms with E-state index in [2.05, 4.69) is 61.8 Å². The van der Waals surface area contributed by atoms with E-state index >= 15 is 0 Å². The third-order valence-corrected chi connectivity index (χ3v) is 5.70. The predicted octanol–water partition coefficient (Wildman–Crippen LogP) is 4.75. The van der Waals surface area contributed by atoms with Crippen molar-refractivity contribution in [3.8, 4) is 0 Å². The largest absolute Gasteiger partial charge is 0.324 e. The quantitative estimate of drug-likeness (QED) is 0.683. The van der Waals surface area contributed by atoms with Crippen LogP contribution in [0.5, 0.6) is 0 Å². The third kappa shape index (κ3) is 4.37. The van der Waals surface area contributed by atoms with Gasteiger partial charge in [0.15, 0.2) is 5.82 Å². The van der Waals surface area contributed by atoms with E-state index in [9.17, 15) is 0 Å². The number of hydrogen-bond acceptors (Lipinski definition) is 3. The van der Waals surface area contributed by atoms with Gasteiger partial charge in [0.1, 0.15) is 0 Å². The average molecular weight is 369 g/mol. The molecule has 148 valence electrons. The molecular weight excluding hydrogens is 332 g/mol. The summed E-state index contributed by atoms with van der Waals surface area (Å²) in [4.78, 5) is 2.46. The van der Waals surface area contributed by atoms with Gasteiger partial charge in [-0.2, -0.15) is 5.10 Å². The van der Waals surface area contributed by atoms with Crippen LogP contribution in [0.1, 0.15) is 60.6 Å². The Balaban J connectivity index is 1.79. The van der Waals surface area contributed by atoms with Gasteiger partial charge in [-0.3, -0.25) is 4.68 Å². The van der Waals surface area contributed by atoms with Gasteiger partial charge in [0, 0.05) is 30.5 Å². The van der Waals surface area contributed by atoms with Gasteiger partial charge < -0.3 is 10.2 Å². The van der Waals surface area contributed by atoms with Crippen LogP contribution in [0.15, 0.2) is 12.1 Å². The molecular formula is C23H36N4. The number of aromatic nitrogens is 2. The Morgan fingerprint density at radius 2 is 1.78 bits per heavy atom. The fourth-order valence-corrected chi connectivity index (χ4v) is 4.52. The summed E-state index contributed by atoms with van der Waals surface area (Å²) in [6.45, 7) is 12.2. The Morgan fingerprint density at radius 1 is 1.07 bits per heavy atom. The van der Waals surface area contributed by atoms with Crippen LogP contribution in [0, 0.1) is 20.8 Å². The normalized spacial score (nSPS) is 13.9. The molecule has 0 saturated carbocycles. The van der Waals surface area contributed by atoms with Gasteiger partial charge in [-0.05, 0) is 77.1 Å². The van der Waals surface area contributed by atoms with Crippen molar-refractivity contribution in [2.24, 2.45) is 7.05 Å². The highest BCUT2D eigenvalue weighted by Crippen LogP contribution is 2.38. The standard InChI is InChI=1S/C23H36N4/c1-6-7-12-24-13-8-11-21-20-10-9-14-27(23(20)25-26(21)5)22-18(3)15-17(2)16-19(22)4/h15-16,24H,6-14H2,1-5H3. The molecule has 3 rings (SSSR count). The van der Waals surface area contributed by atoms with Crippen LogP contribution in [0.2, 0.25) is 0 Å². The maximum absolute atomic E-state index is 4.96. The van der Waals surface area contributed by atoms with Gasteiger partial charge >= 0.3 is 0 Å². The first-order valence-corrected chi connectivity index (χ1v) is 10.6. The van der Waals surface area contributed by atoms with E-state index in [0.29, 0.717) is 0 Å². The van der Waals surface area contributed by atoms with Crippen LogP contribution in [0.25, 0.3) is 0 Å². The molecule has 2 aromatic rings. The molecule has 1 aliphatic rings. The lowest BCUT2D eigenvalue weighted by Gasteiger charge is -2.31. The van der Waals surface area contributed by atoms with Crippen LogP contribution in [-0.2, 0) is 19.9 Å². The predicted molar refractivity (Wildman–Crippen MR) is 115 cm³/mol. The molecule has 2 heterocycles. The number of anilines is 2. The van der Waals surface area contributed by atoms with Crippen LogP contribution >= 0.6 is 0 Å². The van der Waals surface area contributed by atoms with Crippen LogP contribution in [-0.4, -0.2) is 29.4 Å². The van der Waals surface area contributed by atoms with Crippen molar-refractivity contribution in [3.63, 3.8) is 0 Å². The minimum atomic E-state index is 1.06. The van der Waals surface area contributed by atoms with Gasteiger partial charge in [0.25, 0.3) is 0 Å². The van der Waals surface area contributed by atoms with Gasteiger partial charge in [0.2, 0.25) is 0 Å². The summed E-state index contributed by atoms with van der Waals surface area (Å²) >= 11 is 0. The number of unbranched alkanes of at least 4 members (excludes halogenated alkanes) is 1. The average Bonchev–Trinajstić information content (AvgIpc) is 2.93. The Hall–Kier alpha value is -1.81. The number of rotatable bonds is 8. The molecule has 0 radical (unpaired) electrons. The molecule has 4 nitrogen and oxygen atoms in total. The number of hydrogen-bond donors (Lipinski definition) is 1. The van der Waals surface area contributed by atoms with Crippen molar-refractivity contribution in [1.29, 1.82) is 0 Å². The number of fused-ring (bicyclic) bond motifs is 1. The van der Waals surface area contributed by atoms with Gasteiger partial charge in [-0.25, -0.2) is 0 Å². The first-order chi connectivity index (χ1) is 13.0. The molecule has 1 aromatic carbocycles. The molecule has 0 amide bonds. The number of benzene rings is 1. The van der Waals surface area contributed by atoms with Crippen molar-refractivity contribution < 1.29 is 0 Å². The van der Waals surface area contributed by atoms with E-state index in [1.165, 1.54) is 65.1 Å². The van der Waals surface area contributed by atoms with E-state index in [1.54, 1.807) is 0 Å². The van der Waals surface area contributed by atoms with Gasteiger partial charge in [0.05, 0.1) is 0 Å². The van der Waals surface area contributed by atoms with Crippen molar-refractivity contribution >= 4 is 11.5 Å². The van der Waals surface area contributed by atoms with Crippen molar-refractivity contribution in [3.05, 3.63) is 40.1 Å². The lowest BCUT2D eigenvalue weighted by atomic mass is 9.98. The maximum Gasteiger partial charge on any atom is 0.158 e. The summed E-state index contributed by atoms with van der Waals surface area (Å²) in [5.41, 5.74) is 8.29. The van der Waals surface area contributed by atoms with E-state index in [1.807, 2.05) is 0 Å². The van der Waals surface area contributed by atoms with Gasteiger partial charge in [-0.15, -0.1) is 0 Å². The highest BCUT2D eigenvalue weighted by Gasteiger charge is 2.27. The molecule has 0 fully saturated rings. The molecule has 1 aliphatic heterocycles.